The summed E-state index contributed by atoms with van der Waals surface area (Å²) in [5, 5.41) is 11.4. The van der Waals surface area contributed by atoms with Crippen LogP contribution in [0.1, 0.15) is 11.3 Å². The SMILES string of the molecule is Cc1nc(Oc2ccc(Cl)cc2)c2ccccc2c1CC(=O)O. The second kappa shape index (κ2) is 6.26. The molecule has 0 amide bonds. The van der Waals surface area contributed by atoms with E-state index in [1.807, 2.05) is 24.3 Å². The van der Waals surface area contributed by atoms with E-state index in [-0.39, 0.29) is 6.42 Å². The number of carboxylic acid groups (broad SMARTS) is 1. The Bertz CT molecular complexity index is 875. The van der Waals surface area contributed by atoms with Crippen molar-refractivity contribution in [2.75, 3.05) is 0 Å². The maximum Gasteiger partial charge on any atom is 0.307 e. The highest BCUT2D eigenvalue weighted by Crippen LogP contribution is 2.32. The molecule has 3 aromatic rings. The van der Waals surface area contributed by atoms with Crippen LogP contribution in [0.2, 0.25) is 5.02 Å². The molecule has 0 fully saturated rings. The van der Waals surface area contributed by atoms with Gasteiger partial charge in [-0.3, -0.25) is 4.79 Å². The molecule has 4 nitrogen and oxygen atoms in total. The average molecular weight is 328 g/mol. The Labute approximate surface area is 138 Å². The zero-order valence-corrected chi connectivity index (χ0v) is 13.2. The van der Waals surface area contributed by atoms with Gasteiger partial charge in [0.05, 0.1) is 6.42 Å². The van der Waals surface area contributed by atoms with Crippen molar-refractivity contribution in [1.29, 1.82) is 0 Å². The molecule has 1 aromatic heterocycles. The van der Waals surface area contributed by atoms with E-state index in [0.29, 0.717) is 27.9 Å². The van der Waals surface area contributed by atoms with Crippen LogP contribution in [0.15, 0.2) is 48.5 Å². The van der Waals surface area contributed by atoms with Gasteiger partial charge in [0.15, 0.2) is 0 Å². The Morgan fingerprint density at radius 2 is 1.78 bits per heavy atom. The summed E-state index contributed by atoms with van der Waals surface area (Å²) in [6.07, 6.45) is -0.0689. The molecule has 5 heteroatoms. The molecule has 0 aliphatic rings. The van der Waals surface area contributed by atoms with Crippen molar-refractivity contribution in [3.8, 4) is 11.6 Å². The molecule has 0 unspecified atom stereocenters. The number of nitrogens with zero attached hydrogens (tertiary/aromatic N) is 1. The molecular formula is C18H14ClNO3. The highest BCUT2D eigenvalue weighted by molar-refractivity contribution is 6.30. The van der Waals surface area contributed by atoms with Crippen LogP contribution in [0.3, 0.4) is 0 Å². The molecule has 23 heavy (non-hydrogen) atoms. The van der Waals surface area contributed by atoms with Crippen LogP contribution in [-0.2, 0) is 11.2 Å². The topological polar surface area (TPSA) is 59.4 Å². The lowest BCUT2D eigenvalue weighted by atomic mass is 10.0. The predicted octanol–water partition coefficient (Wildman–Crippen LogP) is 4.62. The third-order valence-electron chi connectivity index (χ3n) is 3.54. The summed E-state index contributed by atoms with van der Waals surface area (Å²) in [6.45, 7) is 1.79. The monoisotopic (exact) mass is 327 g/mol. The lowest BCUT2D eigenvalue weighted by molar-refractivity contribution is -0.136. The molecular weight excluding hydrogens is 314 g/mol. The number of ether oxygens (including phenoxy) is 1. The van der Waals surface area contributed by atoms with E-state index in [9.17, 15) is 4.79 Å². The summed E-state index contributed by atoms with van der Waals surface area (Å²) in [5.41, 5.74) is 1.35. The Morgan fingerprint density at radius 3 is 2.43 bits per heavy atom. The van der Waals surface area contributed by atoms with Crippen LogP contribution in [0.5, 0.6) is 11.6 Å². The highest BCUT2D eigenvalue weighted by Gasteiger charge is 2.15. The van der Waals surface area contributed by atoms with E-state index in [2.05, 4.69) is 4.98 Å². The molecule has 1 heterocycles. The van der Waals surface area contributed by atoms with Crippen molar-refractivity contribution in [3.05, 3.63) is 64.8 Å². The Kier molecular flexibility index (Phi) is 4.17. The van der Waals surface area contributed by atoms with E-state index in [4.69, 9.17) is 21.4 Å². The Balaban J connectivity index is 2.11. The van der Waals surface area contributed by atoms with Crippen LogP contribution >= 0.6 is 11.6 Å². The van der Waals surface area contributed by atoms with Crippen LogP contribution in [0.25, 0.3) is 10.8 Å². The minimum atomic E-state index is -0.883. The van der Waals surface area contributed by atoms with E-state index >= 15 is 0 Å². The van der Waals surface area contributed by atoms with Crippen LogP contribution in [0, 0.1) is 6.92 Å². The fraction of sp³-hybridized carbons (Fsp3) is 0.111. The number of benzene rings is 2. The highest BCUT2D eigenvalue weighted by atomic mass is 35.5. The van der Waals surface area contributed by atoms with Gasteiger partial charge < -0.3 is 9.84 Å². The van der Waals surface area contributed by atoms with Gasteiger partial charge in [-0.2, -0.15) is 0 Å². The first-order valence-corrected chi connectivity index (χ1v) is 7.46. The Hall–Kier alpha value is -2.59. The van der Waals surface area contributed by atoms with Crippen molar-refractivity contribution in [3.63, 3.8) is 0 Å². The van der Waals surface area contributed by atoms with Gasteiger partial charge in [0.2, 0.25) is 5.88 Å². The van der Waals surface area contributed by atoms with Crippen molar-refractivity contribution in [1.82, 2.24) is 4.98 Å². The molecule has 0 aliphatic carbocycles. The molecule has 3 rings (SSSR count). The number of hydrogen-bond acceptors (Lipinski definition) is 3. The summed E-state index contributed by atoms with van der Waals surface area (Å²) in [5.74, 6) is 0.193. The van der Waals surface area contributed by atoms with E-state index in [1.165, 1.54) is 0 Å². The van der Waals surface area contributed by atoms with Gasteiger partial charge in [-0.1, -0.05) is 29.8 Å². The normalized spacial score (nSPS) is 10.7. The predicted molar refractivity (Wildman–Crippen MR) is 89.3 cm³/mol. The minimum Gasteiger partial charge on any atom is -0.481 e. The van der Waals surface area contributed by atoms with Crippen molar-refractivity contribution < 1.29 is 14.6 Å². The number of carboxylic acids is 1. The molecule has 0 bridgehead atoms. The Morgan fingerprint density at radius 1 is 1.13 bits per heavy atom. The minimum absolute atomic E-state index is 0.0689. The number of aromatic nitrogens is 1. The zero-order chi connectivity index (χ0) is 16.4. The summed E-state index contributed by atoms with van der Waals surface area (Å²) in [7, 11) is 0. The molecule has 0 saturated heterocycles. The molecule has 0 atom stereocenters. The number of aliphatic carboxylic acids is 1. The lowest BCUT2D eigenvalue weighted by Crippen LogP contribution is -2.05. The summed E-state index contributed by atoms with van der Waals surface area (Å²) < 4.78 is 5.87. The van der Waals surface area contributed by atoms with E-state index in [0.717, 1.165) is 10.8 Å². The van der Waals surface area contributed by atoms with E-state index in [1.54, 1.807) is 31.2 Å². The van der Waals surface area contributed by atoms with Gasteiger partial charge in [-0.25, -0.2) is 4.98 Å². The van der Waals surface area contributed by atoms with Gasteiger partial charge >= 0.3 is 5.97 Å². The molecule has 0 radical (unpaired) electrons. The maximum absolute atomic E-state index is 11.1. The van der Waals surface area contributed by atoms with Crippen molar-refractivity contribution in [2.24, 2.45) is 0 Å². The largest absolute Gasteiger partial charge is 0.481 e. The second-order valence-electron chi connectivity index (χ2n) is 5.15. The number of hydrogen-bond donors (Lipinski definition) is 1. The third-order valence-corrected chi connectivity index (χ3v) is 3.80. The summed E-state index contributed by atoms with van der Waals surface area (Å²) in [4.78, 5) is 15.6. The average Bonchev–Trinajstić information content (AvgIpc) is 2.53. The lowest BCUT2D eigenvalue weighted by Gasteiger charge is -2.13. The first-order chi connectivity index (χ1) is 11.0. The number of rotatable bonds is 4. The van der Waals surface area contributed by atoms with Crippen LogP contribution in [0.4, 0.5) is 0 Å². The number of carbonyl (C=O) groups is 1. The first-order valence-electron chi connectivity index (χ1n) is 7.08. The van der Waals surface area contributed by atoms with Crippen molar-refractivity contribution >= 4 is 28.3 Å². The van der Waals surface area contributed by atoms with Gasteiger partial charge in [0.25, 0.3) is 0 Å². The summed E-state index contributed by atoms with van der Waals surface area (Å²) >= 11 is 5.88. The summed E-state index contributed by atoms with van der Waals surface area (Å²) in [6, 6.07) is 14.5. The fourth-order valence-electron chi connectivity index (χ4n) is 2.47. The van der Waals surface area contributed by atoms with Gasteiger partial charge in [0.1, 0.15) is 5.75 Å². The van der Waals surface area contributed by atoms with Crippen LogP contribution < -0.4 is 4.74 Å². The van der Waals surface area contributed by atoms with Gasteiger partial charge in [-0.05, 0) is 48.2 Å². The smallest absolute Gasteiger partial charge is 0.307 e. The standard InChI is InChI=1S/C18H14ClNO3/c1-11-16(10-17(21)22)14-4-2-3-5-15(14)18(20-11)23-13-8-6-12(19)7-9-13/h2-9H,10H2,1H3,(H,21,22). The van der Waals surface area contributed by atoms with Gasteiger partial charge in [-0.15, -0.1) is 0 Å². The number of pyridine rings is 1. The number of fused-ring (bicyclic) bond motifs is 1. The molecule has 2 aromatic carbocycles. The van der Waals surface area contributed by atoms with Crippen molar-refractivity contribution in [2.45, 2.75) is 13.3 Å². The molecule has 0 spiro atoms. The number of halogens is 1. The molecule has 1 N–H and O–H groups in total. The molecule has 0 aliphatic heterocycles. The maximum atomic E-state index is 11.1. The zero-order valence-electron chi connectivity index (χ0n) is 12.4. The van der Waals surface area contributed by atoms with Gasteiger partial charge in [0, 0.05) is 16.1 Å². The second-order valence-corrected chi connectivity index (χ2v) is 5.59. The number of aryl methyl sites for hydroxylation is 1. The van der Waals surface area contributed by atoms with E-state index < -0.39 is 5.97 Å². The molecule has 116 valence electrons. The van der Waals surface area contributed by atoms with Crippen LogP contribution in [-0.4, -0.2) is 16.1 Å². The molecule has 0 saturated carbocycles. The fourth-order valence-corrected chi connectivity index (χ4v) is 2.60. The third kappa shape index (κ3) is 3.27. The first kappa shape index (κ1) is 15.3. The quantitative estimate of drug-likeness (QED) is 0.759.